The van der Waals surface area contributed by atoms with Gasteiger partial charge in [-0.2, -0.15) is 0 Å². The molecule has 2 heteroatoms. The minimum Gasteiger partial charge on any atom is -0.310 e. The van der Waals surface area contributed by atoms with Crippen molar-refractivity contribution in [1.29, 1.82) is 0 Å². The summed E-state index contributed by atoms with van der Waals surface area (Å²) in [7, 11) is 0. The van der Waals surface area contributed by atoms with Crippen molar-refractivity contribution in [1.82, 2.24) is 0 Å². The summed E-state index contributed by atoms with van der Waals surface area (Å²) in [6.07, 6.45) is 0. The predicted octanol–water partition coefficient (Wildman–Crippen LogP) is 16.7. The number of nitrogens with zero attached hydrogens (tertiary/aromatic N) is 2. The second-order valence-electron chi connectivity index (χ2n) is 18.1. The molecule has 0 amide bonds. The highest BCUT2D eigenvalue weighted by atomic mass is 15.1. The Morgan fingerprint density at radius 2 is 0.661 bits per heavy atom. The van der Waals surface area contributed by atoms with Crippen LogP contribution in [-0.4, -0.2) is 0 Å². The van der Waals surface area contributed by atoms with Crippen LogP contribution in [0.5, 0.6) is 0 Å². The maximum atomic E-state index is 2.46. The van der Waals surface area contributed by atoms with Crippen molar-refractivity contribution >= 4 is 66.4 Å². The fourth-order valence-electron chi connectivity index (χ4n) is 10.9. The molecule has 0 bridgehead atoms. The Balaban J connectivity index is 1.03. The van der Waals surface area contributed by atoms with Gasteiger partial charge >= 0.3 is 0 Å². The van der Waals surface area contributed by atoms with Gasteiger partial charge in [0.25, 0.3) is 0 Å². The standard InChI is InChI=1S/C60H46N2/c1-59(2)51-35-36-52-58-50(48-32-30-44(38-54(48)60(52,3)4)62(42-23-9-6-10-24-42)56-28-16-20-40-18-12-14-26-46(40)56)34-33-49(57(51)58)47-31-29-43(37-53(47)59)61(41-21-7-5-8-22-41)55-27-15-19-39-17-11-13-25-45(39)55/h5-38H,1-4H3. The van der Waals surface area contributed by atoms with Crippen LogP contribution >= 0.6 is 0 Å². The second-order valence-corrected chi connectivity index (χ2v) is 18.1. The van der Waals surface area contributed by atoms with Crippen molar-refractivity contribution in [3.63, 3.8) is 0 Å². The molecule has 0 aromatic heterocycles. The maximum absolute atomic E-state index is 2.46. The summed E-state index contributed by atoms with van der Waals surface area (Å²) in [6, 6.07) is 76.4. The van der Waals surface area contributed by atoms with Gasteiger partial charge < -0.3 is 9.80 Å². The van der Waals surface area contributed by atoms with Gasteiger partial charge in [-0.15, -0.1) is 0 Å². The summed E-state index contributed by atoms with van der Waals surface area (Å²) in [4.78, 5) is 4.86. The molecule has 10 aromatic carbocycles. The quantitative estimate of drug-likeness (QED) is 0.165. The van der Waals surface area contributed by atoms with Gasteiger partial charge in [0.05, 0.1) is 11.4 Å². The number of para-hydroxylation sites is 2. The van der Waals surface area contributed by atoms with Crippen LogP contribution in [0, 0.1) is 0 Å². The molecule has 296 valence electrons. The van der Waals surface area contributed by atoms with Crippen molar-refractivity contribution < 1.29 is 0 Å². The summed E-state index contributed by atoms with van der Waals surface area (Å²) >= 11 is 0. The largest absolute Gasteiger partial charge is 0.310 e. The number of anilines is 6. The zero-order valence-corrected chi connectivity index (χ0v) is 35.5. The summed E-state index contributed by atoms with van der Waals surface area (Å²) in [5.74, 6) is 0. The Bertz CT molecular complexity index is 3180. The normalized spacial score (nSPS) is 14.1. The molecule has 0 radical (unpaired) electrons. The Morgan fingerprint density at radius 1 is 0.290 bits per heavy atom. The Hall–Kier alpha value is -7.42. The molecule has 0 saturated heterocycles. The summed E-state index contributed by atoms with van der Waals surface area (Å²) < 4.78 is 0. The lowest BCUT2D eigenvalue weighted by molar-refractivity contribution is 0.633. The molecule has 10 aromatic rings. The molecule has 0 atom stereocenters. The zero-order valence-electron chi connectivity index (χ0n) is 35.5. The SMILES string of the molecule is CC1(C)c2cc(N(c3ccccc3)c3cccc4ccccc34)ccc2-c2ccc3c4c(ccc1c24)C(C)(C)c1cc(N(c2ccccc2)c2cccc4ccccc24)ccc1-3. The molecule has 0 N–H and O–H groups in total. The van der Waals surface area contributed by atoms with Gasteiger partial charge in [0, 0.05) is 44.4 Å². The van der Waals surface area contributed by atoms with Crippen LogP contribution in [0.25, 0.3) is 54.6 Å². The first-order valence-corrected chi connectivity index (χ1v) is 21.9. The first-order valence-electron chi connectivity index (χ1n) is 21.9. The number of fused-ring (bicyclic) bond motifs is 6. The monoisotopic (exact) mass is 794 g/mol. The highest BCUT2D eigenvalue weighted by Gasteiger charge is 2.40. The molecule has 0 spiro atoms. The van der Waals surface area contributed by atoms with Gasteiger partial charge in [-0.3, -0.25) is 0 Å². The topological polar surface area (TPSA) is 6.48 Å². The van der Waals surface area contributed by atoms with Crippen molar-refractivity contribution in [2.75, 3.05) is 9.80 Å². The van der Waals surface area contributed by atoms with E-state index in [9.17, 15) is 0 Å². The number of rotatable bonds is 6. The number of hydrogen-bond donors (Lipinski definition) is 0. The van der Waals surface area contributed by atoms with E-state index in [-0.39, 0.29) is 10.8 Å². The lowest BCUT2D eigenvalue weighted by Gasteiger charge is -2.41. The highest BCUT2D eigenvalue weighted by molar-refractivity contribution is 6.13. The average Bonchev–Trinajstić information content (AvgIpc) is 3.31. The first kappa shape index (κ1) is 36.4. The molecule has 2 nitrogen and oxygen atoms in total. The molecular weight excluding hydrogens is 749 g/mol. The molecule has 0 aliphatic heterocycles. The second kappa shape index (κ2) is 13.5. The van der Waals surface area contributed by atoms with Crippen LogP contribution in [0.1, 0.15) is 49.9 Å². The highest BCUT2D eigenvalue weighted by Crippen LogP contribution is 2.57. The van der Waals surface area contributed by atoms with Crippen LogP contribution < -0.4 is 9.80 Å². The van der Waals surface area contributed by atoms with Gasteiger partial charge in [-0.25, -0.2) is 0 Å². The minimum absolute atomic E-state index is 0.250. The smallest absolute Gasteiger partial charge is 0.0540 e. The number of benzene rings is 10. The van der Waals surface area contributed by atoms with Gasteiger partial charge in [-0.1, -0.05) is 173 Å². The van der Waals surface area contributed by atoms with E-state index in [1.165, 1.54) is 88.2 Å². The molecule has 62 heavy (non-hydrogen) atoms. The molecule has 0 saturated carbocycles. The first-order chi connectivity index (χ1) is 30.3. The fourth-order valence-corrected chi connectivity index (χ4v) is 10.9. The third-order valence-corrected chi connectivity index (χ3v) is 14.0. The molecule has 2 aliphatic rings. The van der Waals surface area contributed by atoms with Crippen molar-refractivity contribution in [3.8, 4) is 22.3 Å². The molecule has 0 unspecified atom stereocenters. The van der Waals surface area contributed by atoms with E-state index in [0.29, 0.717) is 0 Å². The Kier molecular flexibility index (Phi) is 7.96. The summed E-state index contributed by atoms with van der Waals surface area (Å²) in [5.41, 5.74) is 17.2. The van der Waals surface area contributed by atoms with Gasteiger partial charge in [0.15, 0.2) is 0 Å². The molecule has 0 heterocycles. The Labute approximate surface area is 364 Å². The van der Waals surface area contributed by atoms with Crippen LogP contribution in [0.15, 0.2) is 206 Å². The van der Waals surface area contributed by atoms with E-state index >= 15 is 0 Å². The van der Waals surface area contributed by atoms with E-state index in [4.69, 9.17) is 0 Å². The van der Waals surface area contributed by atoms with Gasteiger partial charge in [-0.05, 0) is 127 Å². The lowest BCUT2D eigenvalue weighted by atomic mass is 9.63. The van der Waals surface area contributed by atoms with Crippen LogP contribution in [0.4, 0.5) is 34.1 Å². The fraction of sp³-hybridized carbons (Fsp3) is 0.100. The molecular formula is C60H46N2. The van der Waals surface area contributed by atoms with Crippen molar-refractivity contribution in [2.45, 2.75) is 38.5 Å². The number of hydrogen-bond acceptors (Lipinski definition) is 2. The maximum Gasteiger partial charge on any atom is 0.0540 e. The average molecular weight is 795 g/mol. The molecule has 2 aliphatic carbocycles. The van der Waals surface area contributed by atoms with E-state index < -0.39 is 0 Å². The summed E-state index contributed by atoms with van der Waals surface area (Å²) in [6.45, 7) is 9.69. The lowest BCUT2D eigenvalue weighted by Crippen LogP contribution is -2.28. The van der Waals surface area contributed by atoms with Gasteiger partial charge in [0.1, 0.15) is 0 Å². The van der Waals surface area contributed by atoms with Crippen molar-refractivity contribution in [2.24, 2.45) is 0 Å². The van der Waals surface area contributed by atoms with Crippen LogP contribution in [0.2, 0.25) is 0 Å². The zero-order chi connectivity index (χ0) is 41.7. The van der Waals surface area contributed by atoms with Crippen LogP contribution in [-0.2, 0) is 10.8 Å². The molecule has 12 rings (SSSR count). The van der Waals surface area contributed by atoms with E-state index in [2.05, 4.69) is 244 Å². The third kappa shape index (κ3) is 5.29. The van der Waals surface area contributed by atoms with E-state index in [1.54, 1.807) is 0 Å². The van der Waals surface area contributed by atoms with Gasteiger partial charge in [0.2, 0.25) is 0 Å². The Morgan fingerprint density at radius 3 is 1.10 bits per heavy atom. The van der Waals surface area contributed by atoms with Crippen molar-refractivity contribution in [3.05, 3.63) is 229 Å². The molecule has 0 fully saturated rings. The summed E-state index contributed by atoms with van der Waals surface area (Å²) in [5, 5.41) is 7.72. The van der Waals surface area contributed by atoms with Crippen LogP contribution in [0.3, 0.4) is 0 Å². The minimum atomic E-state index is -0.250. The van der Waals surface area contributed by atoms with E-state index in [1.807, 2.05) is 0 Å². The third-order valence-electron chi connectivity index (χ3n) is 14.0. The predicted molar refractivity (Wildman–Crippen MR) is 263 cm³/mol. The van der Waals surface area contributed by atoms with E-state index in [0.717, 1.165) is 22.7 Å².